The van der Waals surface area contributed by atoms with Gasteiger partial charge >= 0.3 is 5.97 Å². The number of rotatable bonds is 9. The van der Waals surface area contributed by atoms with Gasteiger partial charge in [0, 0.05) is 10.4 Å². The van der Waals surface area contributed by atoms with E-state index in [-0.39, 0.29) is 5.57 Å². The maximum atomic E-state index is 11.6. The minimum absolute atomic E-state index is 0.237. The van der Waals surface area contributed by atoms with Gasteiger partial charge in [-0.25, -0.2) is 4.79 Å². The fourth-order valence-electron chi connectivity index (χ4n) is 2.54. The zero-order chi connectivity index (χ0) is 19.8. The molecule has 0 atom stereocenters. The van der Waals surface area contributed by atoms with Crippen molar-refractivity contribution in [3.05, 3.63) is 76.5 Å². The zero-order valence-corrected chi connectivity index (χ0v) is 16.1. The first-order valence-corrected chi connectivity index (χ1v) is 9.53. The lowest BCUT2D eigenvalue weighted by Crippen LogP contribution is -2.09. The highest BCUT2D eigenvalue weighted by Gasteiger charge is 2.13. The fraction of sp³-hybridized carbons (Fsp3) is 0.136. The number of methoxy groups -OCH3 is 1. The molecule has 0 saturated carbocycles. The number of para-hydroxylation sites is 1. The van der Waals surface area contributed by atoms with E-state index in [2.05, 4.69) is 0 Å². The van der Waals surface area contributed by atoms with Gasteiger partial charge in [0.25, 0.3) is 0 Å². The van der Waals surface area contributed by atoms with E-state index < -0.39 is 5.97 Å². The van der Waals surface area contributed by atoms with E-state index >= 15 is 0 Å². The Labute approximate surface area is 167 Å². The molecule has 6 heteroatoms. The van der Waals surface area contributed by atoms with Crippen LogP contribution in [0.5, 0.6) is 17.2 Å². The van der Waals surface area contributed by atoms with Crippen molar-refractivity contribution in [2.24, 2.45) is 0 Å². The molecule has 1 aromatic heterocycles. The van der Waals surface area contributed by atoms with Crippen LogP contribution in [-0.4, -0.2) is 31.4 Å². The lowest BCUT2D eigenvalue weighted by molar-refractivity contribution is -0.130. The van der Waals surface area contributed by atoms with Crippen LogP contribution in [0.25, 0.3) is 11.6 Å². The Balaban J connectivity index is 1.65. The molecule has 5 nitrogen and oxygen atoms in total. The maximum Gasteiger partial charge on any atom is 0.337 e. The van der Waals surface area contributed by atoms with Gasteiger partial charge in [-0.15, -0.1) is 11.3 Å². The summed E-state index contributed by atoms with van der Waals surface area (Å²) in [6, 6.07) is 18.3. The zero-order valence-electron chi connectivity index (χ0n) is 15.3. The molecule has 3 aromatic rings. The molecule has 0 radical (unpaired) electrons. The Hall–Kier alpha value is -3.25. The normalized spacial score (nSPS) is 11.1. The molecule has 1 heterocycles. The molecule has 0 aliphatic rings. The lowest BCUT2D eigenvalue weighted by Gasteiger charge is -2.11. The first-order chi connectivity index (χ1) is 13.7. The Bertz CT molecular complexity index is 930. The third-order valence-electron chi connectivity index (χ3n) is 3.90. The molecule has 1 N–H and O–H groups in total. The molecule has 0 unspecified atom stereocenters. The van der Waals surface area contributed by atoms with Gasteiger partial charge in [-0.1, -0.05) is 24.3 Å². The van der Waals surface area contributed by atoms with E-state index in [1.54, 1.807) is 19.3 Å². The third kappa shape index (κ3) is 5.14. The summed E-state index contributed by atoms with van der Waals surface area (Å²) in [6.07, 6.45) is 1.63. The summed E-state index contributed by atoms with van der Waals surface area (Å²) in [7, 11) is 1.61. The minimum atomic E-state index is -0.972. The number of carboxylic acids is 1. The highest BCUT2D eigenvalue weighted by Crippen LogP contribution is 2.27. The van der Waals surface area contributed by atoms with Crippen molar-refractivity contribution >= 4 is 29.0 Å². The molecular formula is C22H20O5S. The number of thiophene rings is 1. The van der Waals surface area contributed by atoms with E-state index in [0.29, 0.717) is 29.4 Å². The Morgan fingerprint density at radius 2 is 1.68 bits per heavy atom. The summed E-state index contributed by atoms with van der Waals surface area (Å²) in [5.74, 6) is 1.13. The summed E-state index contributed by atoms with van der Waals surface area (Å²) in [4.78, 5) is 12.3. The Morgan fingerprint density at radius 1 is 0.964 bits per heavy atom. The number of carboxylic acid groups (broad SMARTS) is 1. The van der Waals surface area contributed by atoms with E-state index in [9.17, 15) is 9.90 Å². The molecule has 0 aliphatic carbocycles. The highest BCUT2D eigenvalue weighted by molar-refractivity contribution is 7.11. The average molecular weight is 396 g/mol. The first-order valence-electron chi connectivity index (χ1n) is 8.65. The van der Waals surface area contributed by atoms with Crippen LogP contribution in [0.4, 0.5) is 0 Å². The molecular weight excluding hydrogens is 376 g/mol. The Kier molecular flexibility index (Phi) is 6.70. The fourth-order valence-corrected chi connectivity index (χ4v) is 3.27. The quantitative estimate of drug-likeness (QED) is 0.414. The third-order valence-corrected chi connectivity index (χ3v) is 4.81. The van der Waals surface area contributed by atoms with Crippen molar-refractivity contribution in [2.45, 2.75) is 0 Å². The van der Waals surface area contributed by atoms with Crippen molar-refractivity contribution in [2.75, 3.05) is 20.3 Å². The van der Waals surface area contributed by atoms with Crippen molar-refractivity contribution in [3.63, 3.8) is 0 Å². The topological polar surface area (TPSA) is 65.0 Å². The van der Waals surface area contributed by atoms with Crippen molar-refractivity contribution < 1.29 is 24.1 Å². The Morgan fingerprint density at radius 3 is 2.36 bits per heavy atom. The van der Waals surface area contributed by atoms with Gasteiger partial charge in [0.2, 0.25) is 0 Å². The number of benzene rings is 2. The van der Waals surface area contributed by atoms with E-state index in [1.807, 2.05) is 60.0 Å². The van der Waals surface area contributed by atoms with Crippen LogP contribution >= 0.6 is 11.3 Å². The van der Waals surface area contributed by atoms with Crippen LogP contribution in [0.2, 0.25) is 0 Å². The molecule has 0 spiro atoms. The van der Waals surface area contributed by atoms with Crippen LogP contribution in [0.1, 0.15) is 10.4 Å². The van der Waals surface area contributed by atoms with E-state index in [4.69, 9.17) is 14.2 Å². The largest absolute Gasteiger partial charge is 0.497 e. The van der Waals surface area contributed by atoms with Gasteiger partial charge in [0.15, 0.2) is 0 Å². The SMILES string of the molecule is COc1ccc(OCCOc2ccccc2/C=C(\C(=O)O)c2cccs2)cc1. The van der Waals surface area contributed by atoms with Crippen LogP contribution < -0.4 is 14.2 Å². The van der Waals surface area contributed by atoms with Gasteiger partial charge in [0.05, 0.1) is 12.7 Å². The maximum absolute atomic E-state index is 11.6. The molecule has 0 fully saturated rings. The summed E-state index contributed by atoms with van der Waals surface area (Å²) >= 11 is 1.39. The second kappa shape index (κ2) is 9.62. The van der Waals surface area contributed by atoms with Gasteiger partial charge < -0.3 is 19.3 Å². The van der Waals surface area contributed by atoms with Gasteiger partial charge in [-0.3, -0.25) is 0 Å². The van der Waals surface area contributed by atoms with Crippen molar-refractivity contribution in [1.82, 2.24) is 0 Å². The molecule has 28 heavy (non-hydrogen) atoms. The van der Waals surface area contributed by atoms with Crippen LogP contribution in [-0.2, 0) is 4.79 Å². The first kappa shape index (κ1) is 19.5. The number of hydrogen-bond acceptors (Lipinski definition) is 5. The van der Waals surface area contributed by atoms with Crippen LogP contribution in [0.15, 0.2) is 66.0 Å². The van der Waals surface area contributed by atoms with Crippen molar-refractivity contribution in [3.8, 4) is 17.2 Å². The standard InChI is InChI=1S/C22H20O5S/c1-25-17-8-10-18(11-9-17)26-12-13-27-20-6-3-2-5-16(20)15-19(22(23)24)21-7-4-14-28-21/h2-11,14-15H,12-13H2,1H3,(H,23,24)/b19-15-. The summed E-state index contributed by atoms with van der Waals surface area (Å²) in [5.41, 5.74) is 0.943. The van der Waals surface area contributed by atoms with Gasteiger partial charge in [0.1, 0.15) is 30.5 Å². The number of carbonyl (C=O) groups is 1. The molecule has 0 saturated heterocycles. The van der Waals surface area contributed by atoms with Crippen LogP contribution in [0, 0.1) is 0 Å². The lowest BCUT2D eigenvalue weighted by atomic mass is 10.1. The predicted octanol–water partition coefficient (Wildman–Crippen LogP) is 4.84. The highest BCUT2D eigenvalue weighted by atomic mass is 32.1. The number of ether oxygens (including phenoxy) is 3. The predicted molar refractivity (Wildman–Crippen MR) is 110 cm³/mol. The number of aliphatic carboxylic acids is 1. The monoisotopic (exact) mass is 396 g/mol. The van der Waals surface area contributed by atoms with Gasteiger partial charge in [-0.2, -0.15) is 0 Å². The summed E-state index contributed by atoms with van der Waals surface area (Å²) in [5, 5.41) is 11.4. The number of hydrogen-bond donors (Lipinski definition) is 1. The smallest absolute Gasteiger partial charge is 0.337 e. The summed E-state index contributed by atoms with van der Waals surface area (Å²) < 4.78 is 16.6. The minimum Gasteiger partial charge on any atom is -0.497 e. The van der Waals surface area contributed by atoms with E-state index in [1.165, 1.54) is 11.3 Å². The summed E-state index contributed by atoms with van der Waals surface area (Å²) in [6.45, 7) is 0.694. The van der Waals surface area contributed by atoms with E-state index in [0.717, 1.165) is 11.5 Å². The second-order valence-electron chi connectivity index (χ2n) is 5.75. The molecule has 0 aliphatic heterocycles. The van der Waals surface area contributed by atoms with Gasteiger partial charge in [-0.05, 0) is 47.9 Å². The molecule has 0 bridgehead atoms. The average Bonchev–Trinajstić information content (AvgIpc) is 3.25. The molecule has 144 valence electrons. The van der Waals surface area contributed by atoms with Crippen LogP contribution in [0.3, 0.4) is 0 Å². The molecule has 3 rings (SSSR count). The molecule has 2 aromatic carbocycles. The van der Waals surface area contributed by atoms with Crippen molar-refractivity contribution in [1.29, 1.82) is 0 Å². The molecule has 0 amide bonds. The second-order valence-corrected chi connectivity index (χ2v) is 6.70.